The first-order chi connectivity index (χ1) is 11.0. The number of hydrogen-bond acceptors (Lipinski definition) is 5. The molecule has 0 bridgehead atoms. The standard InChI is InChI=1S/C17H15NO5/c1-3-4-12-5-10-15(16(11-12)22-2)23-17(19)13-6-8-14(9-7-13)18(20)21/h3,5-11H,1,4H2,2H3. The lowest BCUT2D eigenvalue weighted by molar-refractivity contribution is -0.384. The van der Waals surface area contributed by atoms with Gasteiger partial charge >= 0.3 is 5.97 Å². The zero-order chi connectivity index (χ0) is 16.8. The molecule has 0 unspecified atom stereocenters. The number of ether oxygens (including phenoxy) is 2. The third-order valence-corrected chi connectivity index (χ3v) is 3.12. The predicted octanol–water partition coefficient (Wildman–Crippen LogP) is 3.55. The van der Waals surface area contributed by atoms with Crippen molar-refractivity contribution in [2.24, 2.45) is 0 Å². The Morgan fingerprint density at radius 1 is 1.22 bits per heavy atom. The monoisotopic (exact) mass is 313 g/mol. The number of hydrogen-bond donors (Lipinski definition) is 0. The topological polar surface area (TPSA) is 78.7 Å². The Kier molecular flexibility index (Phi) is 5.09. The minimum absolute atomic E-state index is 0.0899. The molecule has 0 aliphatic rings. The van der Waals surface area contributed by atoms with Crippen LogP contribution in [0.4, 0.5) is 5.69 Å². The van der Waals surface area contributed by atoms with Crippen LogP contribution in [0.15, 0.2) is 55.1 Å². The summed E-state index contributed by atoms with van der Waals surface area (Å²) in [6.45, 7) is 3.67. The Hall–Kier alpha value is -3.15. The summed E-state index contributed by atoms with van der Waals surface area (Å²) in [6.07, 6.45) is 2.43. The molecule has 0 aliphatic carbocycles. The van der Waals surface area contributed by atoms with Crippen molar-refractivity contribution in [1.82, 2.24) is 0 Å². The highest BCUT2D eigenvalue weighted by Gasteiger charge is 2.14. The van der Waals surface area contributed by atoms with E-state index in [0.29, 0.717) is 12.2 Å². The molecule has 6 heteroatoms. The van der Waals surface area contributed by atoms with Crippen molar-refractivity contribution in [3.63, 3.8) is 0 Å². The summed E-state index contributed by atoms with van der Waals surface area (Å²) in [5.41, 5.74) is 1.10. The highest BCUT2D eigenvalue weighted by molar-refractivity contribution is 5.91. The smallest absolute Gasteiger partial charge is 0.343 e. The number of carbonyl (C=O) groups is 1. The van der Waals surface area contributed by atoms with Crippen LogP contribution in [0.1, 0.15) is 15.9 Å². The number of nitro benzene ring substituents is 1. The van der Waals surface area contributed by atoms with Gasteiger partial charge in [-0.15, -0.1) is 6.58 Å². The molecule has 0 radical (unpaired) electrons. The number of nitrogens with zero attached hydrogens (tertiary/aromatic N) is 1. The summed E-state index contributed by atoms with van der Waals surface area (Å²) in [4.78, 5) is 22.2. The van der Waals surface area contributed by atoms with E-state index in [1.165, 1.54) is 31.4 Å². The summed E-state index contributed by atoms with van der Waals surface area (Å²) in [7, 11) is 1.48. The van der Waals surface area contributed by atoms with Gasteiger partial charge in [-0.1, -0.05) is 12.1 Å². The summed E-state index contributed by atoms with van der Waals surface area (Å²) in [5, 5.41) is 10.6. The first-order valence-electron chi connectivity index (χ1n) is 6.79. The van der Waals surface area contributed by atoms with E-state index in [0.717, 1.165) is 5.56 Å². The summed E-state index contributed by atoms with van der Waals surface area (Å²) in [5.74, 6) is 0.0953. The molecule has 0 atom stereocenters. The normalized spacial score (nSPS) is 9.96. The lowest BCUT2D eigenvalue weighted by Crippen LogP contribution is -2.09. The third kappa shape index (κ3) is 3.94. The maximum atomic E-state index is 12.1. The largest absolute Gasteiger partial charge is 0.493 e. The number of rotatable bonds is 6. The van der Waals surface area contributed by atoms with Crippen LogP contribution in [0, 0.1) is 10.1 Å². The van der Waals surface area contributed by atoms with Gasteiger partial charge in [0.15, 0.2) is 11.5 Å². The first-order valence-corrected chi connectivity index (χ1v) is 6.79. The molecule has 0 spiro atoms. The van der Waals surface area contributed by atoms with Crippen LogP contribution in [-0.2, 0) is 6.42 Å². The molecule has 6 nitrogen and oxygen atoms in total. The molecule has 0 saturated carbocycles. The van der Waals surface area contributed by atoms with Gasteiger partial charge in [-0.3, -0.25) is 10.1 Å². The fourth-order valence-electron chi connectivity index (χ4n) is 1.97. The van der Waals surface area contributed by atoms with Crippen LogP contribution in [0.3, 0.4) is 0 Å². The Labute approximate surface area is 133 Å². The number of non-ortho nitro benzene ring substituents is 1. The summed E-state index contributed by atoms with van der Waals surface area (Å²) < 4.78 is 10.5. The fraction of sp³-hybridized carbons (Fsp3) is 0.118. The van der Waals surface area contributed by atoms with E-state index in [2.05, 4.69) is 6.58 Å². The van der Waals surface area contributed by atoms with Crippen LogP contribution >= 0.6 is 0 Å². The first kappa shape index (κ1) is 16.2. The van der Waals surface area contributed by atoms with Gasteiger partial charge in [-0.2, -0.15) is 0 Å². The molecular weight excluding hydrogens is 298 g/mol. The zero-order valence-corrected chi connectivity index (χ0v) is 12.5. The van der Waals surface area contributed by atoms with E-state index in [1.807, 2.05) is 6.07 Å². The number of benzene rings is 2. The van der Waals surface area contributed by atoms with Crippen LogP contribution < -0.4 is 9.47 Å². The van der Waals surface area contributed by atoms with Gasteiger partial charge in [-0.05, 0) is 36.2 Å². The van der Waals surface area contributed by atoms with Gasteiger partial charge in [0.1, 0.15) is 0 Å². The molecular formula is C17H15NO5. The minimum atomic E-state index is -0.616. The lowest BCUT2D eigenvalue weighted by atomic mass is 10.1. The van der Waals surface area contributed by atoms with Gasteiger partial charge < -0.3 is 9.47 Å². The number of allylic oxidation sites excluding steroid dienone is 1. The van der Waals surface area contributed by atoms with Gasteiger partial charge in [0.2, 0.25) is 0 Å². The Bertz CT molecular complexity index is 737. The molecule has 118 valence electrons. The van der Waals surface area contributed by atoms with E-state index in [9.17, 15) is 14.9 Å². The highest BCUT2D eigenvalue weighted by Crippen LogP contribution is 2.29. The van der Waals surface area contributed by atoms with E-state index < -0.39 is 10.9 Å². The number of esters is 1. The zero-order valence-electron chi connectivity index (χ0n) is 12.5. The van der Waals surface area contributed by atoms with Crippen LogP contribution in [0.2, 0.25) is 0 Å². The van der Waals surface area contributed by atoms with Gasteiger partial charge in [0, 0.05) is 12.1 Å². The quantitative estimate of drug-likeness (QED) is 0.268. The summed E-state index contributed by atoms with van der Waals surface area (Å²) in [6, 6.07) is 10.4. The average Bonchev–Trinajstić information content (AvgIpc) is 2.56. The third-order valence-electron chi connectivity index (χ3n) is 3.12. The second-order valence-corrected chi connectivity index (χ2v) is 4.67. The van der Waals surface area contributed by atoms with E-state index in [4.69, 9.17) is 9.47 Å². The van der Waals surface area contributed by atoms with Crippen LogP contribution in [-0.4, -0.2) is 18.0 Å². The second kappa shape index (κ2) is 7.22. The molecule has 2 aromatic rings. The van der Waals surface area contributed by atoms with Crippen molar-refractivity contribution in [3.05, 3.63) is 76.4 Å². The van der Waals surface area contributed by atoms with Crippen LogP contribution in [0.5, 0.6) is 11.5 Å². The SMILES string of the molecule is C=CCc1ccc(OC(=O)c2ccc([N+](=O)[O-])cc2)c(OC)c1. The predicted molar refractivity (Wildman–Crippen MR) is 84.9 cm³/mol. The van der Waals surface area contributed by atoms with Crippen LogP contribution in [0.25, 0.3) is 0 Å². The number of carbonyl (C=O) groups excluding carboxylic acids is 1. The van der Waals surface area contributed by atoms with E-state index in [1.54, 1.807) is 18.2 Å². The van der Waals surface area contributed by atoms with Crippen molar-refractivity contribution in [2.75, 3.05) is 7.11 Å². The molecule has 0 fully saturated rings. The van der Waals surface area contributed by atoms with Crippen molar-refractivity contribution in [2.45, 2.75) is 6.42 Å². The molecule has 0 aliphatic heterocycles. The molecule has 23 heavy (non-hydrogen) atoms. The van der Waals surface area contributed by atoms with Crippen molar-refractivity contribution in [3.8, 4) is 11.5 Å². The average molecular weight is 313 g/mol. The second-order valence-electron chi connectivity index (χ2n) is 4.67. The molecule has 0 amide bonds. The van der Waals surface area contributed by atoms with E-state index >= 15 is 0 Å². The van der Waals surface area contributed by atoms with Gasteiger partial charge in [0.05, 0.1) is 17.6 Å². The minimum Gasteiger partial charge on any atom is -0.493 e. The fourth-order valence-corrected chi connectivity index (χ4v) is 1.97. The Balaban J connectivity index is 2.19. The molecule has 2 rings (SSSR count). The van der Waals surface area contributed by atoms with Crippen molar-refractivity contribution < 1.29 is 19.2 Å². The molecule has 2 aromatic carbocycles. The molecule has 0 heterocycles. The molecule has 0 aromatic heterocycles. The van der Waals surface area contributed by atoms with Crippen molar-refractivity contribution in [1.29, 1.82) is 0 Å². The highest BCUT2D eigenvalue weighted by atomic mass is 16.6. The lowest BCUT2D eigenvalue weighted by Gasteiger charge is -2.10. The number of nitro groups is 1. The number of methoxy groups -OCH3 is 1. The molecule has 0 saturated heterocycles. The maximum absolute atomic E-state index is 12.1. The maximum Gasteiger partial charge on any atom is 0.343 e. The van der Waals surface area contributed by atoms with Gasteiger partial charge in [0.25, 0.3) is 5.69 Å². The summed E-state index contributed by atoms with van der Waals surface area (Å²) >= 11 is 0. The molecule has 0 N–H and O–H groups in total. The van der Waals surface area contributed by atoms with Crippen molar-refractivity contribution >= 4 is 11.7 Å². The van der Waals surface area contributed by atoms with Gasteiger partial charge in [-0.25, -0.2) is 4.79 Å². The Morgan fingerprint density at radius 2 is 1.91 bits per heavy atom. The Morgan fingerprint density at radius 3 is 2.48 bits per heavy atom. The van der Waals surface area contributed by atoms with E-state index in [-0.39, 0.29) is 17.0 Å².